The van der Waals surface area contributed by atoms with Crippen molar-refractivity contribution < 1.29 is 24.1 Å². The fourth-order valence-corrected chi connectivity index (χ4v) is 9.48. The van der Waals surface area contributed by atoms with E-state index >= 15 is 0 Å². The molecule has 3 heterocycles. The van der Waals surface area contributed by atoms with E-state index in [0.717, 1.165) is 70.5 Å². The number of rotatable bonds is 15. The lowest BCUT2D eigenvalue weighted by molar-refractivity contribution is -0.144. The van der Waals surface area contributed by atoms with E-state index in [0.29, 0.717) is 59.7 Å². The van der Waals surface area contributed by atoms with Crippen molar-refractivity contribution in [1.29, 1.82) is 5.26 Å². The summed E-state index contributed by atoms with van der Waals surface area (Å²) in [6, 6.07) is 19.8. The van der Waals surface area contributed by atoms with Crippen molar-refractivity contribution in [3.05, 3.63) is 105 Å². The van der Waals surface area contributed by atoms with Gasteiger partial charge >= 0.3 is 5.97 Å². The molecular formula is C48H58ClN5O5. The van der Waals surface area contributed by atoms with Gasteiger partial charge < -0.3 is 30.0 Å². The molecule has 0 amide bonds. The molecule has 2 saturated heterocycles. The number of benzene rings is 3. The van der Waals surface area contributed by atoms with Gasteiger partial charge in [0.25, 0.3) is 0 Å². The number of hydrogen-bond acceptors (Lipinski definition) is 9. The molecule has 1 saturated carbocycles. The maximum absolute atomic E-state index is 12.1. The third kappa shape index (κ3) is 10.6. The first kappa shape index (κ1) is 42.5. The molecule has 3 N–H and O–H groups in total. The summed E-state index contributed by atoms with van der Waals surface area (Å²) in [5, 5.41) is 19.7. The molecule has 59 heavy (non-hydrogen) atoms. The number of carboxylic acid groups (broad SMARTS) is 1. The standard InChI is InChI=1S/C48H58ClN5O5/c1-33-37(8-5-9-40(33)41-10-6-12-44(34(41)2)57-23-7-19-53-21-17-48(18-22-53)15-13-39(51)14-16-48)32-59-46-26-45(58-31-36-24-35(27-50)28-52-29-36)38(25-42(46)49)30-54-20-4-3-11-43(54)47(55)56/h5-6,8-10,12,24-26,28-29,39,43H,3-4,7,11,13-23,30-32,51H2,1-2H3,(H,55,56)/t43-/m0/s1. The van der Waals surface area contributed by atoms with Crippen LogP contribution in [0.25, 0.3) is 11.1 Å². The summed E-state index contributed by atoms with van der Waals surface area (Å²) in [5.41, 5.74) is 14.2. The van der Waals surface area contributed by atoms with Crippen molar-refractivity contribution in [1.82, 2.24) is 14.8 Å². The highest BCUT2D eigenvalue weighted by atomic mass is 35.5. The molecule has 4 aromatic rings. The number of piperidine rings is 2. The maximum atomic E-state index is 12.1. The van der Waals surface area contributed by atoms with Gasteiger partial charge in [0, 0.05) is 48.7 Å². The number of nitriles is 1. The van der Waals surface area contributed by atoms with Crippen LogP contribution in [0, 0.1) is 30.6 Å². The van der Waals surface area contributed by atoms with Crippen molar-refractivity contribution in [2.75, 3.05) is 32.8 Å². The van der Waals surface area contributed by atoms with Gasteiger partial charge in [-0.05, 0) is 143 Å². The second-order valence-electron chi connectivity index (χ2n) is 16.9. The Kier molecular flexibility index (Phi) is 14.1. The van der Waals surface area contributed by atoms with Gasteiger partial charge in [-0.2, -0.15) is 5.26 Å². The molecule has 7 rings (SSSR count). The Morgan fingerprint density at radius 3 is 2.39 bits per heavy atom. The smallest absolute Gasteiger partial charge is 0.320 e. The highest BCUT2D eigenvalue weighted by Crippen LogP contribution is 2.44. The van der Waals surface area contributed by atoms with E-state index < -0.39 is 12.0 Å². The van der Waals surface area contributed by atoms with Gasteiger partial charge in [-0.3, -0.25) is 14.7 Å². The van der Waals surface area contributed by atoms with E-state index in [4.69, 9.17) is 31.5 Å². The second-order valence-corrected chi connectivity index (χ2v) is 17.3. The number of halogens is 1. The largest absolute Gasteiger partial charge is 0.493 e. The Morgan fingerprint density at radius 2 is 1.63 bits per heavy atom. The summed E-state index contributed by atoms with van der Waals surface area (Å²) in [4.78, 5) is 20.9. The van der Waals surface area contributed by atoms with Crippen LogP contribution < -0.4 is 19.9 Å². The summed E-state index contributed by atoms with van der Waals surface area (Å²) in [7, 11) is 0. The summed E-state index contributed by atoms with van der Waals surface area (Å²) in [6.45, 7) is 9.82. The van der Waals surface area contributed by atoms with Gasteiger partial charge in [0.2, 0.25) is 0 Å². The molecule has 3 aromatic carbocycles. The normalized spacial score (nSPS) is 18.7. The van der Waals surface area contributed by atoms with Gasteiger partial charge in [-0.1, -0.05) is 48.4 Å². The van der Waals surface area contributed by atoms with E-state index in [-0.39, 0.29) is 13.2 Å². The molecule has 0 unspecified atom stereocenters. The van der Waals surface area contributed by atoms with Crippen LogP contribution in [0.4, 0.5) is 0 Å². The summed E-state index contributed by atoms with van der Waals surface area (Å²) >= 11 is 6.90. The number of nitrogens with zero attached hydrogens (tertiary/aromatic N) is 4. The first-order valence-electron chi connectivity index (χ1n) is 21.3. The number of aliphatic carboxylic acids is 1. The third-order valence-electron chi connectivity index (χ3n) is 13.0. The minimum atomic E-state index is -0.827. The van der Waals surface area contributed by atoms with Crippen molar-refractivity contribution in [2.45, 2.75) is 110 Å². The van der Waals surface area contributed by atoms with E-state index in [1.54, 1.807) is 18.3 Å². The fourth-order valence-electron chi connectivity index (χ4n) is 9.24. The van der Waals surface area contributed by atoms with E-state index in [2.05, 4.69) is 66.2 Å². The molecule has 1 atom stereocenters. The predicted molar refractivity (Wildman–Crippen MR) is 231 cm³/mol. The maximum Gasteiger partial charge on any atom is 0.320 e. The Hall–Kier alpha value is -4.66. The van der Waals surface area contributed by atoms with Crippen LogP contribution in [0.1, 0.15) is 97.6 Å². The summed E-state index contributed by atoms with van der Waals surface area (Å²) in [5.74, 6) is 1.08. The molecule has 1 spiro atoms. The third-order valence-corrected chi connectivity index (χ3v) is 13.3. The van der Waals surface area contributed by atoms with Gasteiger partial charge in [0.1, 0.15) is 42.6 Å². The Labute approximate surface area is 354 Å². The SMILES string of the molecule is Cc1c(COc2cc(OCc3cncc(C#N)c3)c(CN3CCCC[C@H]3C(=O)O)cc2Cl)cccc1-c1cccc(OCCCN2CCC3(CCC(N)CC3)CC2)c1C. The number of nitrogens with two attached hydrogens (primary N) is 1. The molecule has 1 aromatic heterocycles. The molecule has 3 aliphatic rings. The first-order valence-corrected chi connectivity index (χ1v) is 21.7. The van der Waals surface area contributed by atoms with Crippen LogP contribution in [0.15, 0.2) is 67.0 Å². The Bertz CT molecular complexity index is 2120. The van der Waals surface area contributed by atoms with Crippen LogP contribution in [-0.2, 0) is 24.6 Å². The van der Waals surface area contributed by atoms with Crippen molar-refractivity contribution in [2.24, 2.45) is 11.1 Å². The van der Waals surface area contributed by atoms with Crippen LogP contribution in [0.2, 0.25) is 5.02 Å². The number of carbonyl (C=O) groups is 1. The van der Waals surface area contributed by atoms with Crippen molar-refractivity contribution in [3.63, 3.8) is 0 Å². The molecule has 1 aliphatic carbocycles. The highest BCUT2D eigenvalue weighted by Gasteiger charge is 2.37. The highest BCUT2D eigenvalue weighted by molar-refractivity contribution is 6.32. The van der Waals surface area contributed by atoms with Crippen molar-refractivity contribution >= 4 is 17.6 Å². The average Bonchev–Trinajstić information content (AvgIpc) is 3.25. The first-order chi connectivity index (χ1) is 28.6. The topological polar surface area (TPSA) is 134 Å². The number of ether oxygens (including phenoxy) is 3. The molecular weight excluding hydrogens is 762 g/mol. The molecule has 3 fully saturated rings. The van der Waals surface area contributed by atoms with Gasteiger partial charge in [0.15, 0.2) is 0 Å². The zero-order valence-electron chi connectivity index (χ0n) is 34.6. The van der Waals surface area contributed by atoms with Gasteiger partial charge in [0.05, 0.1) is 17.2 Å². The molecule has 0 radical (unpaired) electrons. The predicted octanol–water partition coefficient (Wildman–Crippen LogP) is 9.24. The lowest BCUT2D eigenvalue weighted by Gasteiger charge is -2.45. The Morgan fingerprint density at radius 1 is 0.881 bits per heavy atom. The molecule has 2 aliphatic heterocycles. The number of pyridine rings is 1. The molecule has 312 valence electrons. The lowest BCUT2D eigenvalue weighted by Crippen LogP contribution is -2.44. The average molecular weight is 820 g/mol. The minimum Gasteiger partial charge on any atom is -0.493 e. The van der Waals surface area contributed by atoms with E-state index in [9.17, 15) is 15.2 Å². The number of aromatic nitrogens is 1. The van der Waals surface area contributed by atoms with Gasteiger partial charge in [-0.25, -0.2) is 0 Å². The summed E-state index contributed by atoms with van der Waals surface area (Å²) in [6.07, 6.45) is 14.1. The van der Waals surface area contributed by atoms with E-state index in [1.807, 2.05) is 11.0 Å². The quantitative estimate of drug-likeness (QED) is 0.112. The van der Waals surface area contributed by atoms with Crippen LogP contribution in [0.3, 0.4) is 0 Å². The zero-order chi connectivity index (χ0) is 41.4. The Balaban J connectivity index is 1.01. The summed E-state index contributed by atoms with van der Waals surface area (Å²) < 4.78 is 19.2. The monoisotopic (exact) mass is 819 g/mol. The molecule has 11 heteroatoms. The van der Waals surface area contributed by atoms with E-state index in [1.165, 1.54) is 57.8 Å². The van der Waals surface area contributed by atoms with Crippen LogP contribution >= 0.6 is 11.6 Å². The van der Waals surface area contributed by atoms with Crippen LogP contribution in [0.5, 0.6) is 17.2 Å². The number of hydrogen-bond donors (Lipinski definition) is 2. The van der Waals surface area contributed by atoms with Crippen molar-refractivity contribution in [3.8, 4) is 34.4 Å². The molecule has 10 nitrogen and oxygen atoms in total. The van der Waals surface area contributed by atoms with Gasteiger partial charge in [-0.15, -0.1) is 0 Å². The number of carboxylic acids is 1. The second kappa shape index (κ2) is 19.6. The lowest BCUT2D eigenvalue weighted by atomic mass is 9.67. The fraction of sp³-hybridized carbons (Fsp3) is 0.479. The molecule has 0 bridgehead atoms. The van der Waals surface area contributed by atoms with Crippen LogP contribution in [-0.4, -0.2) is 70.7 Å². The zero-order valence-corrected chi connectivity index (χ0v) is 35.3. The minimum absolute atomic E-state index is 0.164. The number of likely N-dealkylation sites (tertiary alicyclic amines) is 2.